The predicted molar refractivity (Wildman–Crippen MR) is 108 cm³/mol. The first-order valence-electron chi connectivity index (χ1n) is 9.71. The van der Waals surface area contributed by atoms with Gasteiger partial charge in [0.2, 0.25) is 0 Å². The van der Waals surface area contributed by atoms with E-state index in [0.717, 1.165) is 17.1 Å². The normalized spacial score (nSPS) is 21.1. The minimum absolute atomic E-state index is 0.157. The third kappa shape index (κ3) is 4.23. The Hall–Kier alpha value is -3.14. The molecule has 0 spiro atoms. The van der Waals surface area contributed by atoms with E-state index < -0.39 is 29.7 Å². The van der Waals surface area contributed by atoms with E-state index in [1.807, 2.05) is 36.4 Å². The fraction of sp³-hybridized carbons (Fsp3) is 0.333. The number of aryl methyl sites for hydroxylation is 2. The summed E-state index contributed by atoms with van der Waals surface area (Å²) >= 11 is 0. The van der Waals surface area contributed by atoms with Crippen molar-refractivity contribution in [3.05, 3.63) is 80.9 Å². The van der Waals surface area contributed by atoms with Crippen molar-refractivity contribution in [1.82, 2.24) is 19.5 Å². The molecule has 30 heavy (non-hydrogen) atoms. The van der Waals surface area contributed by atoms with Gasteiger partial charge >= 0.3 is 5.69 Å². The highest BCUT2D eigenvalue weighted by Gasteiger charge is 2.35. The van der Waals surface area contributed by atoms with Crippen molar-refractivity contribution in [2.24, 2.45) is 0 Å². The molecule has 0 amide bonds. The third-order valence-corrected chi connectivity index (χ3v) is 5.12. The average molecular weight is 410 g/mol. The van der Waals surface area contributed by atoms with Crippen LogP contribution in [0.3, 0.4) is 0 Å². The molecular formula is C21H22N4O5. The molecule has 4 rings (SSSR count). The van der Waals surface area contributed by atoms with Crippen LogP contribution in [0.1, 0.15) is 23.9 Å². The van der Waals surface area contributed by atoms with E-state index in [4.69, 9.17) is 4.74 Å². The molecule has 9 nitrogen and oxygen atoms in total. The van der Waals surface area contributed by atoms with Crippen molar-refractivity contribution in [1.29, 1.82) is 0 Å². The first-order chi connectivity index (χ1) is 14.5. The molecule has 1 unspecified atom stereocenters. The number of hydrogen-bond donors (Lipinski definition) is 3. The summed E-state index contributed by atoms with van der Waals surface area (Å²) < 4.78 is 6.79. The highest BCUT2D eigenvalue weighted by molar-refractivity contribution is 5.53. The number of aromatic nitrogens is 4. The van der Waals surface area contributed by atoms with Gasteiger partial charge in [0.1, 0.15) is 12.3 Å². The Bertz CT molecular complexity index is 1130. The molecule has 3 N–H and O–H groups in total. The van der Waals surface area contributed by atoms with Crippen molar-refractivity contribution >= 4 is 0 Å². The largest absolute Gasteiger partial charge is 0.394 e. The molecule has 1 saturated heterocycles. The van der Waals surface area contributed by atoms with Gasteiger partial charge in [-0.25, -0.2) is 4.79 Å². The second kappa shape index (κ2) is 8.70. The maximum atomic E-state index is 12.3. The first-order valence-corrected chi connectivity index (χ1v) is 9.71. The van der Waals surface area contributed by atoms with Crippen molar-refractivity contribution in [3.8, 4) is 11.4 Å². The van der Waals surface area contributed by atoms with Crippen LogP contribution in [-0.4, -0.2) is 48.5 Å². The highest BCUT2D eigenvalue weighted by Crippen LogP contribution is 2.27. The average Bonchev–Trinajstić information content (AvgIpc) is 3.14. The van der Waals surface area contributed by atoms with Crippen LogP contribution in [0, 0.1) is 0 Å². The monoisotopic (exact) mass is 410 g/mol. The lowest BCUT2D eigenvalue weighted by Gasteiger charge is -2.15. The third-order valence-electron chi connectivity index (χ3n) is 5.12. The lowest BCUT2D eigenvalue weighted by Crippen LogP contribution is -2.34. The molecule has 4 heterocycles. The summed E-state index contributed by atoms with van der Waals surface area (Å²) in [5.74, 6) is 0. The summed E-state index contributed by atoms with van der Waals surface area (Å²) in [5.41, 5.74) is 1.63. The van der Waals surface area contributed by atoms with Crippen molar-refractivity contribution in [2.45, 2.75) is 37.7 Å². The molecule has 0 bridgehead atoms. The Morgan fingerprint density at radius 2 is 1.97 bits per heavy atom. The number of aliphatic hydroxyl groups excluding tert-OH is 2. The molecule has 1 aliphatic rings. The second-order valence-corrected chi connectivity index (χ2v) is 7.16. The SMILES string of the molecule is O=c1[nH]c(=O)n([C@H]2CC(O)[C@@H](CO)O2)cc1CCc1cccc(-c2ccccn2)n1. The number of pyridine rings is 2. The Kier molecular flexibility index (Phi) is 5.84. The molecule has 1 aliphatic heterocycles. The molecule has 3 aromatic rings. The fourth-order valence-corrected chi connectivity index (χ4v) is 3.51. The van der Waals surface area contributed by atoms with E-state index in [0.29, 0.717) is 18.4 Å². The summed E-state index contributed by atoms with van der Waals surface area (Å²) in [7, 11) is 0. The molecular weight excluding hydrogens is 388 g/mol. The maximum absolute atomic E-state index is 12.3. The van der Waals surface area contributed by atoms with Crippen LogP contribution >= 0.6 is 0 Å². The lowest BCUT2D eigenvalue weighted by molar-refractivity contribution is -0.0460. The van der Waals surface area contributed by atoms with Crippen LogP contribution in [-0.2, 0) is 17.6 Å². The van der Waals surface area contributed by atoms with E-state index in [1.165, 1.54) is 10.8 Å². The van der Waals surface area contributed by atoms with E-state index in [2.05, 4.69) is 15.0 Å². The molecule has 0 aromatic carbocycles. The molecule has 0 aliphatic carbocycles. The van der Waals surface area contributed by atoms with Gasteiger partial charge in [0.05, 0.1) is 24.1 Å². The Morgan fingerprint density at radius 1 is 1.13 bits per heavy atom. The first kappa shape index (κ1) is 20.1. The van der Waals surface area contributed by atoms with Crippen molar-refractivity contribution in [3.63, 3.8) is 0 Å². The number of ether oxygens (including phenoxy) is 1. The zero-order valence-electron chi connectivity index (χ0n) is 16.1. The zero-order chi connectivity index (χ0) is 21.1. The van der Waals surface area contributed by atoms with Crippen LogP contribution in [0.15, 0.2) is 58.4 Å². The number of nitrogens with zero attached hydrogens (tertiary/aromatic N) is 3. The van der Waals surface area contributed by atoms with Crippen LogP contribution in [0.2, 0.25) is 0 Å². The number of aliphatic hydroxyl groups is 2. The second-order valence-electron chi connectivity index (χ2n) is 7.16. The molecule has 3 atom stereocenters. The number of hydrogen-bond acceptors (Lipinski definition) is 7. The van der Waals surface area contributed by atoms with Gasteiger partial charge in [-0.1, -0.05) is 12.1 Å². The van der Waals surface area contributed by atoms with E-state index in [-0.39, 0.29) is 13.0 Å². The molecule has 0 saturated carbocycles. The molecule has 1 fully saturated rings. The molecule has 9 heteroatoms. The zero-order valence-corrected chi connectivity index (χ0v) is 16.1. The van der Waals surface area contributed by atoms with E-state index in [1.54, 1.807) is 6.20 Å². The van der Waals surface area contributed by atoms with Crippen LogP contribution in [0.4, 0.5) is 0 Å². The summed E-state index contributed by atoms with van der Waals surface area (Å²) in [6.45, 7) is -0.346. The summed E-state index contributed by atoms with van der Waals surface area (Å²) in [6, 6.07) is 11.2. The minimum Gasteiger partial charge on any atom is -0.394 e. The summed E-state index contributed by atoms with van der Waals surface area (Å²) in [4.78, 5) is 35.7. The molecule has 0 radical (unpaired) electrons. The smallest absolute Gasteiger partial charge is 0.330 e. The van der Waals surface area contributed by atoms with Gasteiger partial charge in [0, 0.05) is 30.1 Å². The Balaban J connectivity index is 1.53. The topological polar surface area (TPSA) is 130 Å². The van der Waals surface area contributed by atoms with Crippen LogP contribution in [0.25, 0.3) is 11.4 Å². The fourth-order valence-electron chi connectivity index (χ4n) is 3.51. The highest BCUT2D eigenvalue weighted by atomic mass is 16.5. The van der Waals surface area contributed by atoms with Gasteiger partial charge in [-0.05, 0) is 37.1 Å². The number of H-pyrrole nitrogens is 1. The minimum atomic E-state index is -0.874. The van der Waals surface area contributed by atoms with Crippen LogP contribution < -0.4 is 11.2 Å². The van der Waals surface area contributed by atoms with Gasteiger partial charge in [-0.15, -0.1) is 0 Å². The molecule has 3 aromatic heterocycles. The van der Waals surface area contributed by atoms with Gasteiger partial charge in [-0.2, -0.15) is 0 Å². The maximum Gasteiger partial charge on any atom is 0.330 e. The van der Waals surface area contributed by atoms with Crippen LogP contribution in [0.5, 0.6) is 0 Å². The van der Waals surface area contributed by atoms with Crippen molar-refractivity contribution < 1.29 is 14.9 Å². The van der Waals surface area contributed by atoms with Gasteiger partial charge in [0.15, 0.2) is 0 Å². The predicted octanol–water partition coefficient (Wildman–Crippen LogP) is 0.420. The summed E-state index contributed by atoms with van der Waals surface area (Å²) in [5, 5.41) is 19.2. The number of nitrogens with one attached hydrogen (secondary N) is 1. The summed E-state index contributed by atoms with van der Waals surface area (Å²) in [6.07, 6.45) is 1.81. The van der Waals surface area contributed by atoms with Gasteiger partial charge in [-0.3, -0.25) is 24.3 Å². The Morgan fingerprint density at radius 3 is 2.70 bits per heavy atom. The molecule has 156 valence electrons. The number of aromatic amines is 1. The Labute approximate surface area is 171 Å². The van der Waals surface area contributed by atoms with E-state index in [9.17, 15) is 19.8 Å². The quantitative estimate of drug-likeness (QED) is 0.537. The van der Waals surface area contributed by atoms with Crippen molar-refractivity contribution in [2.75, 3.05) is 6.61 Å². The number of rotatable bonds is 6. The van der Waals surface area contributed by atoms with E-state index >= 15 is 0 Å². The van der Waals surface area contributed by atoms with Gasteiger partial charge in [0.25, 0.3) is 5.56 Å². The standard InChI is InChI=1S/C21H22N4O5/c26-12-18-17(27)10-19(30-18)25-11-13(20(28)24-21(25)29)7-8-14-4-3-6-16(23-14)15-5-1-2-9-22-15/h1-6,9,11,17-19,26-27H,7-8,10,12H2,(H,24,28,29)/t17?,18-,19-/m1/s1. The van der Waals surface area contributed by atoms with Gasteiger partial charge < -0.3 is 14.9 Å². The lowest BCUT2D eigenvalue weighted by atomic mass is 10.1.